The lowest BCUT2D eigenvalue weighted by Crippen LogP contribution is -2.48. The molecule has 7 heteroatoms. The van der Waals surface area contributed by atoms with Gasteiger partial charge in [0.15, 0.2) is 11.5 Å². The zero-order valence-electron chi connectivity index (χ0n) is 17.3. The highest BCUT2D eigenvalue weighted by atomic mass is 16.5. The molecule has 0 saturated carbocycles. The van der Waals surface area contributed by atoms with Crippen molar-refractivity contribution in [2.45, 2.75) is 6.54 Å². The lowest BCUT2D eigenvalue weighted by Gasteiger charge is -2.34. The van der Waals surface area contributed by atoms with Crippen molar-refractivity contribution in [1.82, 2.24) is 9.80 Å². The quantitative estimate of drug-likeness (QED) is 0.563. The van der Waals surface area contributed by atoms with Crippen LogP contribution in [0.15, 0.2) is 60.3 Å². The number of nitriles is 1. The maximum atomic E-state index is 12.8. The summed E-state index contributed by atoms with van der Waals surface area (Å²) in [5.74, 6) is 0.914. The second-order valence-corrected chi connectivity index (χ2v) is 6.94. The van der Waals surface area contributed by atoms with Gasteiger partial charge < -0.3 is 19.7 Å². The number of rotatable bonds is 7. The Hall–Kier alpha value is -3.50. The first kappa shape index (κ1) is 21.2. The van der Waals surface area contributed by atoms with E-state index < -0.39 is 0 Å². The number of amides is 1. The number of benzene rings is 2. The molecule has 1 heterocycles. The SMILES string of the molecule is COc1ccc(N/C=C(/C#N)C(=O)N2CCN(Cc3ccccc3)CC2)cc1OC. The minimum absolute atomic E-state index is 0.0706. The molecule has 0 bridgehead atoms. The minimum Gasteiger partial charge on any atom is -0.493 e. The summed E-state index contributed by atoms with van der Waals surface area (Å²) in [5, 5.41) is 12.5. The van der Waals surface area contributed by atoms with E-state index in [1.807, 2.05) is 24.3 Å². The fourth-order valence-electron chi connectivity index (χ4n) is 3.34. The molecule has 1 N–H and O–H groups in total. The molecule has 3 rings (SSSR count). The van der Waals surface area contributed by atoms with Gasteiger partial charge in [0.25, 0.3) is 5.91 Å². The Morgan fingerprint density at radius 2 is 1.77 bits per heavy atom. The smallest absolute Gasteiger partial charge is 0.266 e. The number of ether oxygens (including phenoxy) is 2. The van der Waals surface area contributed by atoms with E-state index in [1.54, 1.807) is 37.3 Å². The molecule has 0 radical (unpaired) electrons. The Morgan fingerprint density at radius 3 is 2.40 bits per heavy atom. The molecule has 2 aromatic rings. The number of piperazine rings is 1. The van der Waals surface area contributed by atoms with Crippen molar-refractivity contribution in [3.8, 4) is 17.6 Å². The largest absolute Gasteiger partial charge is 0.493 e. The Kier molecular flexibility index (Phi) is 7.30. The van der Waals surface area contributed by atoms with Gasteiger partial charge in [-0.15, -0.1) is 0 Å². The van der Waals surface area contributed by atoms with E-state index in [-0.39, 0.29) is 11.5 Å². The second kappa shape index (κ2) is 10.3. The number of hydrogen-bond donors (Lipinski definition) is 1. The Balaban J connectivity index is 1.58. The topological polar surface area (TPSA) is 77.8 Å². The predicted molar refractivity (Wildman–Crippen MR) is 115 cm³/mol. The van der Waals surface area contributed by atoms with Gasteiger partial charge in [0.2, 0.25) is 0 Å². The normalized spacial score (nSPS) is 14.7. The summed E-state index contributed by atoms with van der Waals surface area (Å²) in [5.41, 5.74) is 2.02. The standard InChI is InChI=1S/C23H26N4O3/c1-29-21-9-8-20(14-22(21)30-2)25-16-19(15-24)23(28)27-12-10-26(11-13-27)17-18-6-4-3-5-7-18/h3-9,14,16,25H,10-13,17H2,1-2H3/b19-16-. The van der Waals surface area contributed by atoms with E-state index in [0.717, 1.165) is 19.6 Å². The zero-order valence-corrected chi connectivity index (χ0v) is 17.3. The summed E-state index contributed by atoms with van der Waals surface area (Å²) in [6, 6.07) is 17.6. The average molecular weight is 406 g/mol. The zero-order chi connectivity index (χ0) is 21.3. The van der Waals surface area contributed by atoms with E-state index in [1.165, 1.54) is 11.8 Å². The minimum atomic E-state index is -0.259. The summed E-state index contributed by atoms with van der Waals surface area (Å²) >= 11 is 0. The molecule has 1 saturated heterocycles. The number of carbonyl (C=O) groups is 1. The third kappa shape index (κ3) is 5.31. The third-order valence-electron chi connectivity index (χ3n) is 5.03. The number of nitrogens with zero attached hydrogens (tertiary/aromatic N) is 3. The summed E-state index contributed by atoms with van der Waals surface area (Å²) in [7, 11) is 3.12. The van der Waals surface area contributed by atoms with Crippen molar-refractivity contribution in [2.24, 2.45) is 0 Å². The molecule has 0 spiro atoms. The van der Waals surface area contributed by atoms with E-state index in [4.69, 9.17) is 9.47 Å². The van der Waals surface area contributed by atoms with E-state index >= 15 is 0 Å². The monoisotopic (exact) mass is 406 g/mol. The van der Waals surface area contributed by atoms with Crippen LogP contribution in [0.3, 0.4) is 0 Å². The highest BCUT2D eigenvalue weighted by molar-refractivity contribution is 5.97. The van der Waals surface area contributed by atoms with Crippen molar-refractivity contribution in [3.05, 3.63) is 65.9 Å². The number of nitrogens with one attached hydrogen (secondary N) is 1. The third-order valence-corrected chi connectivity index (χ3v) is 5.03. The summed E-state index contributed by atoms with van der Waals surface area (Å²) in [6.07, 6.45) is 1.44. The number of carbonyl (C=O) groups excluding carboxylic acids is 1. The van der Waals surface area contributed by atoms with Crippen LogP contribution in [-0.4, -0.2) is 56.1 Å². The van der Waals surface area contributed by atoms with Gasteiger partial charge in [-0.3, -0.25) is 9.69 Å². The van der Waals surface area contributed by atoms with Crippen molar-refractivity contribution in [3.63, 3.8) is 0 Å². The van der Waals surface area contributed by atoms with E-state index in [2.05, 4.69) is 22.3 Å². The molecule has 0 aromatic heterocycles. The Morgan fingerprint density at radius 1 is 1.07 bits per heavy atom. The van der Waals surface area contributed by atoms with Gasteiger partial charge in [-0.25, -0.2) is 0 Å². The summed E-state index contributed by atoms with van der Waals surface area (Å²) < 4.78 is 10.5. The van der Waals surface area contributed by atoms with Crippen LogP contribution in [0.25, 0.3) is 0 Å². The van der Waals surface area contributed by atoms with Crippen LogP contribution in [0.4, 0.5) is 5.69 Å². The van der Waals surface area contributed by atoms with Crippen LogP contribution in [0.1, 0.15) is 5.56 Å². The maximum Gasteiger partial charge on any atom is 0.266 e. The molecule has 1 aliphatic rings. The summed E-state index contributed by atoms with van der Waals surface area (Å²) in [4.78, 5) is 16.8. The van der Waals surface area contributed by atoms with E-state index in [9.17, 15) is 10.1 Å². The highest BCUT2D eigenvalue weighted by Gasteiger charge is 2.23. The van der Waals surface area contributed by atoms with Gasteiger partial charge in [0.1, 0.15) is 11.6 Å². The average Bonchev–Trinajstić information content (AvgIpc) is 2.80. The van der Waals surface area contributed by atoms with Gasteiger partial charge in [-0.2, -0.15) is 5.26 Å². The van der Waals surface area contributed by atoms with Crippen LogP contribution in [0, 0.1) is 11.3 Å². The fourth-order valence-corrected chi connectivity index (χ4v) is 3.34. The number of hydrogen-bond acceptors (Lipinski definition) is 6. The first-order chi connectivity index (χ1) is 14.6. The van der Waals surface area contributed by atoms with Crippen LogP contribution < -0.4 is 14.8 Å². The highest BCUT2D eigenvalue weighted by Crippen LogP contribution is 2.29. The molecule has 7 nitrogen and oxygen atoms in total. The molecule has 156 valence electrons. The van der Waals surface area contributed by atoms with Crippen molar-refractivity contribution in [1.29, 1.82) is 5.26 Å². The first-order valence-corrected chi connectivity index (χ1v) is 9.79. The van der Waals surface area contributed by atoms with Gasteiger partial charge in [0, 0.05) is 50.7 Å². The Bertz CT molecular complexity index is 929. The molecule has 0 atom stereocenters. The van der Waals surface area contributed by atoms with Crippen molar-refractivity contribution < 1.29 is 14.3 Å². The lowest BCUT2D eigenvalue weighted by atomic mass is 10.2. The number of anilines is 1. The predicted octanol–water partition coefficient (Wildman–Crippen LogP) is 2.87. The molecule has 1 amide bonds. The molecule has 0 aliphatic carbocycles. The second-order valence-electron chi connectivity index (χ2n) is 6.94. The van der Waals surface area contributed by atoms with Crippen molar-refractivity contribution in [2.75, 3.05) is 45.7 Å². The Labute approximate surface area is 177 Å². The first-order valence-electron chi connectivity index (χ1n) is 9.79. The fraction of sp³-hybridized carbons (Fsp3) is 0.304. The maximum absolute atomic E-state index is 12.8. The van der Waals surface area contributed by atoms with Gasteiger partial charge in [0.05, 0.1) is 14.2 Å². The van der Waals surface area contributed by atoms with Crippen molar-refractivity contribution >= 4 is 11.6 Å². The molecule has 1 aliphatic heterocycles. The molecular formula is C23H26N4O3. The molecule has 2 aromatic carbocycles. The molecular weight excluding hydrogens is 380 g/mol. The lowest BCUT2D eigenvalue weighted by molar-refractivity contribution is -0.128. The summed E-state index contributed by atoms with van der Waals surface area (Å²) in [6.45, 7) is 3.62. The van der Waals surface area contributed by atoms with Gasteiger partial charge >= 0.3 is 0 Å². The molecule has 30 heavy (non-hydrogen) atoms. The van der Waals surface area contributed by atoms with Crippen LogP contribution in [0.2, 0.25) is 0 Å². The van der Waals surface area contributed by atoms with E-state index in [0.29, 0.717) is 30.3 Å². The van der Waals surface area contributed by atoms with Gasteiger partial charge in [-0.05, 0) is 17.7 Å². The molecule has 0 unspecified atom stereocenters. The molecule has 1 fully saturated rings. The van der Waals surface area contributed by atoms with Gasteiger partial charge in [-0.1, -0.05) is 30.3 Å². The van der Waals surface area contributed by atoms with Crippen LogP contribution in [0.5, 0.6) is 11.5 Å². The number of methoxy groups -OCH3 is 2. The van der Waals surface area contributed by atoms with Crippen LogP contribution >= 0.6 is 0 Å². The van der Waals surface area contributed by atoms with Crippen LogP contribution in [-0.2, 0) is 11.3 Å².